The van der Waals surface area contributed by atoms with Crippen LogP contribution in [-0.2, 0) is 19.0 Å². The van der Waals surface area contributed by atoms with Gasteiger partial charge in [-0.05, 0) is 20.3 Å². The SMILES string of the molecule is CCCOCC(=O)C(OCC)OCC. The third-order valence-electron chi connectivity index (χ3n) is 1.49. The Balaban J connectivity index is 3.76. The van der Waals surface area contributed by atoms with Crippen LogP contribution in [0, 0.1) is 0 Å². The first kappa shape index (κ1) is 13.5. The van der Waals surface area contributed by atoms with Gasteiger partial charge in [-0.1, -0.05) is 6.92 Å². The zero-order chi connectivity index (χ0) is 10.8. The fraction of sp³-hybridized carbons (Fsp3) is 0.900. The van der Waals surface area contributed by atoms with Gasteiger partial charge in [-0.3, -0.25) is 4.79 Å². The molecule has 0 fully saturated rings. The van der Waals surface area contributed by atoms with E-state index in [1.165, 1.54) is 0 Å². The van der Waals surface area contributed by atoms with E-state index < -0.39 is 6.29 Å². The van der Waals surface area contributed by atoms with Crippen molar-refractivity contribution in [1.29, 1.82) is 0 Å². The molecule has 84 valence electrons. The quantitative estimate of drug-likeness (QED) is 0.420. The van der Waals surface area contributed by atoms with Gasteiger partial charge in [0, 0.05) is 19.8 Å². The summed E-state index contributed by atoms with van der Waals surface area (Å²) in [5.74, 6) is -0.151. The summed E-state index contributed by atoms with van der Waals surface area (Å²) in [6.07, 6.45) is 0.142. The van der Waals surface area contributed by atoms with Crippen LogP contribution in [0.3, 0.4) is 0 Å². The Labute approximate surface area is 85.5 Å². The van der Waals surface area contributed by atoms with Crippen molar-refractivity contribution in [2.75, 3.05) is 26.4 Å². The first-order chi connectivity index (χ1) is 6.76. The molecule has 0 aromatic rings. The van der Waals surface area contributed by atoms with Crippen molar-refractivity contribution in [3.63, 3.8) is 0 Å². The van der Waals surface area contributed by atoms with Gasteiger partial charge in [-0.25, -0.2) is 0 Å². The van der Waals surface area contributed by atoms with E-state index >= 15 is 0 Å². The minimum atomic E-state index is -0.762. The first-order valence-corrected chi connectivity index (χ1v) is 5.09. The Morgan fingerprint density at radius 3 is 2.14 bits per heavy atom. The standard InChI is InChI=1S/C10H20O4/c1-4-7-12-8-9(11)10(13-5-2)14-6-3/h10H,4-8H2,1-3H3. The van der Waals surface area contributed by atoms with Gasteiger partial charge in [0.2, 0.25) is 12.1 Å². The molecule has 4 nitrogen and oxygen atoms in total. The molecular formula is C10H20O4. The van der Waals surface area contributed by atoms with Gasteiger partial charge in [-0.2, -0.15) is 0 Å². The van der Waals surface area contributed by atoms with E-state index in [9.17, 15) is 4.79 Å². The maximum absolute atomic E-state index is 11.4. The van der Waals surface area contributed by atoms with Crippen molar-refractivity contribution in [3.8, 4) is 0 Å². The van der Waals surface area contributed by atoms with Crippen LogP contribution >= 0.6 is 0 Å². The summed E-state index contributed by atoms with van der Waals surface area (Å²) in [7, 11) is 0. The molecule has 0 aromatic heterocycles. The summed E-state index contributed by atoms with van der Waals surface area (Å²) in [5.41, 5.74) is 0. The number of Topliss-reactive ketones (excluding diaryl/α,β-unsaturated/α-hetero) is 1. The highest BCUT2D eigenvalue weighted by atomic mass is 16.7. The third kappa shape index (κ3) is 6.07. The molecule has 0 radical (unpaired) electrons. The molecule has 0 aliphatic heterocycles. The number of ketones is 1. The van der Waals surface area contributed by atoms with Crippen molar-refractivity contribution in [2.24, 2.45) is 0 Å². The van der Waals surface area contributed by atoms with Crippen LogP contribution in [-0.4, -0.2) is 38.5 Å². The maximum Gasteiger partial charge on any atom is 0.220 e. The molecule has 0 saturated carbocycles. The zero-order valence-electron chi connectivity index (χ0n) is 9.25. The molecule has 0 saturated heterocycles. The van der Waals surface area contributed by atoms with Gasteiger partial charge in [0.05, 0.1) is 0 Å². The number of ether oxygens (including phenoxy) is 3. The molecule has 0 amide bonds. The molecular weight excluding hydrogens is 184 g/mol. The van der Waals surface area contributed by atoms with Crippen LogP contribution < -0.4 is 0 Å². The largest absolute Gasteiger partial charge is 0.373 e. The lowest BCUT2D eigenvalue weighted by molar-refractivity contribution is -0.171. The molecule has 14 heavy (non-hydrogen) atoms. The average molecular weight is 204 g/mol. The van der Waals surface area contributed by atoms with Gasteiger partial charge >= 0.3 is 0 Å². The minimum Gasteiger partial charge on any atom is -0.373 e. The Bertz CT molecular complexity index is 141. The van der Waals surface area contributed by atoms with E-state index in [-0.39, 0.29) is 12.4 Å². The molecule has 0 bridgehead atoms. The smallest absolute Gasteiger partial charge is 0.220 e. The number of hydrogen-bond donors (Lipinski definition) is 0. The van der Waals surface area contributed by atoms with Crippen molar-refractivity contribution in [1.82, 2.24) is 0 Å². The molecule has 4 heteroatoms. The second-order valence-corrected chi connectivity index (χ2v) is 2.76. The van der Waals surface area contributed by atoms with Crippen LogP contribution in [0.15, 0.2) is 0 Å². The predicted octanol–water partition coefficient (Wildman–Crippen LogP) is 1.38. The Morgan fingerprint density at radius 2 is 1.71 bits per heavy atom. The second-order valence-electron chi connectivity index (χ2n) is 2.76. The van der Waals surface area contributed by atoms with Crippen LogP contribution in [0.2, 0.25) is 0 Å². The van der Waals surface area contributed by atoms with E-state index in [1.807, 2.05) is 20.8 Å². The van der Waals surface area contributed by atoms with Crippen LogP contribution in [0.4, 0.5) is 0 Å². The summed E-state index contributed by atoms with van der Waals surface area (Å²) in [6, 6.07) is 0. The molecule has 0 atom stereocenters. The number of carbonyl (C=O) groups is 1. The van der Waals surface area contributed by atoms with E-state index in [0.29, 0.717) is 19.8 Å². The van der Waals surface area contributed by atoms with Crippen molar-refractivity contribution in [3.05, 3.63) is 0 Å². The van der Waals surface area contributed by atoms with Gasteiger partial charge < -0.3 is 14.2 Å². The molecule has 0 N–H and O–H groups in total. The Hall–Kier alpha value is -0.450. The van der Waals surface area contributed by atoms with Crippen LogP contribution in [0.1, 0.15) is 27.2 Å². The monoisotopic (exact) mass is 204 g/mol. The van der Waals surface area contributed by atoms with Crippen molar-refractivity contribution >= 4 is 5.78 Å². The van der Waals surface area contributed by atoms with Crippen LogP contribution in [0.25, 0.3) is 0 Å². The molecule has 0 aliphatic rings. The average Bonchev–Trinajstić information content (AvgIpc) is 2.18. The Kier molecular flexibility index (Phi) is 8.83. The topological polar surface area (TPSA) is 44.8 Å². The highest BCUT2D eigenvalue weighted by molar-refractivity contribution is 5.83. The van der Waals surface area contributed by atoms with Gasteiger partial charge in [0.25, 0.3) is 0 Å². The highest BCUT2D eigenvalue weighted by Gasteiger charge is 2.18. The van der Waals surface area contributed by atoms with Crippen molar-refractivity contribution < 1.29 is 19.0 Å². The molecule has 0 aliphatic carbocycles. The van der Waals surface area contributed by atoms with E-state index in [0.717, 1.165) is 6.42 Å². The molecule has 0 spiro atoms. The number of hydrogen-bond acceptors (Lipinski definition) is 4. The van der Waals surface area contributed by atoms with Crippen LogP contribution in [0.5, 0.6) is 0 Å². The molecule has 0 rings (SSSR count). The van der Waals surface area contributed by atoms with Gasteiger partial charge in [0.1, 0.15) is 6.61 Å². The zero-order valence-corrected chi connectivity index (χ0v) is 9.25. The number of carbonyl (C=O) groups excluding carboxylic acids is 1. The van der Waals surface area contributed by atoms with E-state index in [1.54, 1.807) is 0 Å². The summed E-state index contributed by atoms with van der Waals surface area (Å²) in [4.78, 5) is 11.4. The third-order valence-corrected chi connectivity index (χ3v) is 1.49. The maximum atomic E-state index is 11.4. The molecule has 0 unspecified atom stereocenters. The first-order valence-electron chi connectivity index (χ1n) is 5.09. The fourth-order valence-electron chi connectivity index (χ4n) is 0.922. The van der Waals surface area contributed by atoms with Gasteiger partial charge in [-0.15, -0.1) is 0 Å². The molecule has 0 heterocycles. The summed E-state index contributed by atoms with van der Waals surface area (Å²) in [6.45, 7) is 7.23. The fourth-order valence-corrected chi connectivity index (χ4v) is 0.922. The summed E-state index contributed by atoms with van der Waals surface area (Å²) < 4.78 is 15.4. The van der Waals surface area contributed by atoms with E-state index in [2.05, 4.69) is 0 Å². The highest BCUT2D eigenvalue weighted by Crippen LogP contribution is 1.98. The lowest BCUT2D eigenvalue weighted by atomic mass is 10.4. The second kappa shape index (κ2) is 9.12. The van der Waals surface area contributed by atoms with Crippen molar-refractivity contribution in [2.45, 2.75) is 33.5 Å². The minimum absolute atomic E-state index is 0.0680. The number of rotatable bonds is 9. The normalized spacial score (nSPS) is 10.9. The predicted molar refractivity (Wildman–Crippen MR) is 53.2 cm³/mol. The summed E-state index contributed by atoms with van der Waals surface area (Å²) in [5, 5.41) is 0. The lowest BCUT2D eigenvalue weighted by Crippen LogP contribution is -2.31. The Morgan fingerprint density at radius 1 is 1.14 bits per heavy atom. The molecule has 0 aromatic carbocycles. The lowest BCUT2D eigenvalue weighted by Gasteiger charge is -2.15. The summed E-state index contributed by atoms with van der Waals surface area (Å²) >= 11 is 0. The van der Waals surface area contributed by atoms with Gasteiger partial charge in [0.15, 0.2) is 0 Å². The van der Waals surface area contributed by atoms with E-state index in [4.69, 9.17) is 14.2 Å².